The molecule has 2 aromatic rings. The third kappa shape index (κ3) is 3.44. The summed E-state index contributed by atoms with van der Waals surface area (Å²) < 4.78 is 5.25. The van der Waals surface area contributed by atoms with Gasteiger partial charge in [0, 0.05) is 27.3 Å². The Balaban J connectivity index is 1.45. The highest BCUT2D eigenvalue weighted by molar-refractivity contribution is 5.98. The molecule has 0 saturated carbocycles. The molecule has 1 aliphatic carbocycles. The molecule has 6 nitrogen and oxygen atoms in total. The molecule has 6 heteroatoms. The SMILES string of the molecule is COc1ccc(C2=C3C=c4c(NC(=O)CN5CCCCC5)cccc4=C3N=N2)cc1. The zero-order chi connectivity index (χ0) is 20.5. The van der Waals surface area contributed by atoms with Crippen molar-refractivity contribution in [3.63, 3.8) is 0 Å². The van der Waals surface area contributed by atoms with Crippen LogP contribution in [0.5, 0.6) is 5.75 Å². The maximum Gasteiger partial charge on any atom is 0.238 e. The molecule has 1 fully saturated rings. The van der Waals surface area contributed by atoms with Gasteiger partial charge in [0.25, 0.3) is 0 Å². The lowest BCUT2D eigenvalue weighted by molar-refractivity contribution is -0.117. The molecule has 1 N–H and O–H groups in total. The zero-order valence-corrected chi connectivity index (χ0v) is 17.0. The summed E-state index contributed by atoms with van der Waals surface area (Å²) in [4.78, 5) is 14.9. The van der Waals surface area contributed by atoms with Gasteiger partial charge in [0.1, 0.15) is 17.1 Å². The van der Waals surface area contributed by atoms with Crippen LogP contribution in [0.15, 0.2) is 58.3 Å². The van der Waals surface area contributed by atoms with Crippen LogP contribution in [-0.4, -0.2) is 37.6 Å². The Morgan fingerprint density at radius 3 is 2.57 bits per heavy atom. The second-order valence-electron chi connectivity index (χ2n) is 7.84. The van der Waals surface area contributed by atoms with Gasteiger partial charge in [-0.3, -0.25) is 9.69 Å². The number of carbonyl (C=O) groups is 1. The Hall–Kier alpha value is -3.25. The van der Waals surface area contributed by atoms with E-state index in [2.05, 4.69) is 26.5 Å². The van der Waals surface area contributed by atoms with Crippen LogP contribution in [0, 0.1) is 0 Å². The number of nitrogens with zero attached hydrogens (tertiary/aromatic N) is 3. The molecule has 1 saturated heterocycles. The molecule has 5 rings (SSSR count). The number of ether oxygens (including phenoxy) is 1. The third-order valence-corrected chi connectivity index (χ3v) is 5.86. The maximum atomic E-state index is 12.6. The number of hydrogen-bond donors (Lipinski definition) is 1. The maximum absolute atomic E-state index is 12.6. The Morgan fingerprint density at radius 1 is 1.03 bits per heavy atom. The molecule has 2 aliphatic heterocycles. The van der Waals surface area contributed by atoms with E-state index in [1.165, 1.54) is 19.3 Å². The summed E-state index contributed by atoms with van der Waals surface area (Å²) in [6.45, 7) is 2.45. The number of carbonyl (C=O) groups excluding carboxylic acids is 1. The molecule has 30 heavy (non-hydrogen) atoms. The highest BCUT2D eigenvalue weighted by Gasteiger charge is 2.23. The molecule has 0 bridgehead atoms. The van der Waals surface area contributed by atoms with Gasteiger partial charge in [-0.15, -0.1) is 10.2 Å². The van der Waals surface area contributed by atoms with Crippen molar-refractivity contribution in [2.24, 2.45) is 10.2 Å². The fourth-order valence-corrected chi connectivity index (χ4v) is 4.31. The number of azo groups is 1. The van der Waals surface area contributed by atoms with Crippen molar-refractivity contribution in [3.05, 3.63) is 64.0 Å². The van der Waals surface area contributed by atoms with Crippen LogP contribution in [0.4, 0.5) is 5.69 Å². The molecule has 2 aromatic carbocycles. The monoisotopic (exact) mass is 400 g/mol. The zero-order valence-electron chi connectivity index (χ0n) is 17.0. The van der Waals surface area contributed by atoms with Crippen molar-refractivity contribution in [2.45, 2.75) is 19.3 Å². The van der Waals surface area contributed by atoms with E-state index in [9.17, 15) is 4.79 Å². The fourth-order valence-electron chi connectivity index (χ4n) is 4.31. The van der Waals surface area contributed by atoms with Crippen molar-refractivity contribution in [1.82, 2.24) is 4.90 Å². The Labute approximate surface area is 175 Å². The number of anilines is 1. The van der Waals surface area contributed by atoms with Gasteiger partial charge < -0.3 is 10.1 Å². The molecular formula is C24H24N4O2. The first-order valence-corrected chi connectivity index (χ1v) is 10.4. The summed E-state index contributed by atoms with van der Waals surface area (Å²) in [6.07, 6.45) is 5.69. The lowest BCUT2D eigenvalue weighted by Crippen LogP contribution is -2.38. The van der Waals surface area contributed by atoms with Gasteiger partial charge in [-0.1, -0.05) is 18.6 Å². The van der Waals surface area contributed by atoms with Gasteiger partial charge in [-0.25, -0.2) is 0 Å². The van der Waals surface area contributed by atoms with Crippen LogP contribution in [0.2, 0.25) is 0 Å². The van der Waals surface area contributed by atoms with Crippen molar-refractivity contribution in [3.8, 4) is 5.75 Å². The number of benzene rings is 2. The van der Waals surface area contributed by atoms with E-state index >= 15 is 0 Å². The first kappa shape index (κ1) is 18.8. The van der Waals surface area contributed by atoms with Gasteiger partial charge in [0.15, 0.2) is 0 Å². The summed E-state index contributed by atoms with van der Waals surface area (Å²) in [5, 5.41) is 14.0. The van der Waals surface area contributed by atoms with Gasteiger partial charge in [0.2, 0.25) is 5.91 Å². The van der Waals surface area contributed by atoms with Crippen LogP contribution >= 0.6 is 0 Å². The molecule has 0 atom stereocenters. The van der Waals surface area contributed by atoms with Crippen LogP contribution in [0.3, 0.4) is 0 Å². The van der Waals surface area contributed by atoms with Crippen molar-refractivity contribution < 1.29 is 9.53 Å². The van der Waals surface area contributed by atoms with Crippen molar-refractivity contribution >= 4 is 29.1 Å². The number of likely N-dealkylation sites (tertiary alicyclic amines) is 1. The normalized spacial score (nSPS) is 17.6. The predicted octanol–water partition coefficient (Wildman–Crippen LogP) is 2.90. The molecule has 152 valence electrons. The third-order valence-electron chi connectivity index (χ3n) is 5.86. The van der Waals surface area contributed by atoms with Gasteiger partial charge in [-0.05, 0) is 62.3 Å². The summed E-state index contributed by atoms with van der Waals surface area (Å²) >= 11 is 0. The summed E-state index contributed by atoms with van der Waals surface area (Å²) in [6, 6.07) is 13.8. The minimum Gasteiger partial charge on any atom is -0.497 e. The minimum atomic E-state index is 0.0340. The number of rotatable bonds is 5. The topological polar surface area (TPSA) is 66.3 Å². The lowest BCUT2D eigenvalue weighted by Gasteiger charge is -2.25. The molecule has 1 amide bonds. The van der Waals surface area contributed by atoms with E-state index in [0.717, 1.165) is 57.5 Å². The van der Waals surface area contributed by atoms with E-state index in [1.54, 1.807) is 7.11 Å². The summed E-state index contributed by atoms with van der Waals surface area (Å²) in [7, 11) is 1.65. The standard InChI is InChI=1S/C24H24N4O2/c1-30-17-10-8-16(9-11-17)23-20-14-19-18(24(20)27-26-23)6-5-7-21(19)25-22(29)15-28-12-3-2-4-13-28/h5-11,14H,2-4,12-13,15H2,1H3,(H,25,29). The molecule has 0 radical (unpaired) electrons. The summed E-state index contributed by atoms with van der Waals surface area (Å²) in [5.41, 5.74) is 4.52. The molecule has 0 spiro atoms. The van der Waals surface area contributed by atoms with E-state index in [4.69, 9.17) is 4.74 Å². The van der Waals surface area contributed by atoms with Gasteiger partial charge in [0.05, 0.1) is 13.7 Å². The highest BCUT2D eigenvalue weighted by Crippen LogP contribution is 2.35. The van der Waals surface area contributed by atoms with E-state index in [-0.39, 0.29) is 5.91 Å². The number of nitrogens with one attached hydrogen (secondary N) is 1. The Kier molecular flexibility index (Phi) is 4.93. The minimum absolute atomic E-state index is 0.0340. The lowest BCUT2D eigenvalue weighted by atomic mass is 10.1. The van der Waals surface area contributed by atoms with Crippen LogP contribution in [0.25, 0.3) is 17.5 Å². The second kappa shape index (κ2) is 7.88. The largest absolute Gasteiger partial charge is 0.497 e. The molecule has 3 aliphatic rings. The van der Waals surface area contributed by atoms with Crippen LogP contribution in [0.1, 0.15) is 24.8 Å². The quantitative estimate of drug-likeness (QED) is 0.839. The molecule has 0 aromatic heterocycles. The fraction of sp³-hybridized carbons (Fsp3) is 0.292. The Bertz CT molecular complexity index is 1170. The first-order chi connectivity index (χ1) is 14.7. The van der Waals surface area contributed by atoms with Crippen molar-refractivity contribution in [1.29, 1.82) is 0 Å². The average molecular weight is 400 g/mol. The molecule has 2 heterocycles. The summed E-state index contributed by atoms with van der Waals surface area (Å²) in [5.74, 6) is 0.840. The van der Waals surface area contributed by atoms with Crippen LogP contribution < -0.4 is 20.5 Å². The molecule has 0 unspecified atom stereocenters. The number of amides is 1. The highest BCUT2D eigenvalue weighted by atomic mass is 16.5. The smallest absolute Gasteiger partial charge is 0.238 e. The van der Waals surface area contributed by atoms with Crippen LogP contribution in [-0.2, 0) is 4.79 Å². The molecular weight excluding hydrogens is 376 g/mol. The van der Waals surface area contributed by atoms with E-state index in [0.29, 0.717) is 6.54 Å². The first-order valence-electron chi connectivity index (χ1n) is 10.4. The predicted molar refractivity (Wildman–Crippen MR) is 117 cm³/mol. The number of piperidine rings is 1. The van der Waals surface area contributed by atoms with Gasteiger partial charge in [-0.2, -0.15) is 0 Å². The number of fused-ring (bicyclic) bond motifs is 2. The van der Waals surface area contributed by atoms with E-state index < -0.39 is 0 Å². The van der Waals surface area contributed by atoms with Gasteiger partial charge >= 0.3 is 0 Å². The van der Waals surface area contributed by atoms with Crippen molar-refractivity contribution in [2.75, 3.05) is 32.1 Å². The second-order valence-corrected chi connectivity index (χ2v) is 7.84. The average Bonchev–Trinajstić information content (AvgIpc) is 3.35. The number of methoxy groups -OCH3 is 1. The van der Waals surface area contributed by atoms with E-state index in [1.807, 2.05) is 42.5 Å². The Morgan fingerprint density at radius 2 is 1.80 bits per heavy atom. The number of hydrogen-bond acceptors (Lipinski definition) is 5.